The molecule has 94 valence electrons. The number of aromatic nitrogens is 3. The Morgan fingerprint density at radius 2 is 2.11 bits per heavy atom. The summed E-state index contributed by atoms with van der Waals surface area (Å²) in [6.07, 6.45) is 4.47. The normalized spacial score (nSPS) is 14.5. The fourth-order valence-electron chi connectivity index (χ4n) is 2.52. The molecule has 1 N–H and O–H groups in total. The van der Waals surface area contributed by atoms with Gasteiger partial charge in [0.25, 0.3) is 0 Å². The molecule has 2 aromatic heterocycles. The fraction of sp³-hybridized carbons (Fsp3) is 0.214. The molecule has 0 saturated carbocycles. The van der Waals surface area contributed by atoms with Crippen LogP contribution in [-0.2, 0) is 13.0 Å². The standard InChI is InChI=1S/C14H12N4S/c1-2-9-8-15-5-4-10(9)11(3-1)13-18-12-14(19-13)17-7-6-16-12/h1-3,6-7,15H,4-5,8H2. The molecule has 0 saturated heterocycles. The average molecular weight is 268 g/mol. The van der Waals surface area contributed by atoms with E-state index in [1.165, 1.54) is 16.7 Å². The third-order valence-corrected chi connectivity index (χ3v) is 4.40. The highest BCUT2D eigenvalue weighted by molar-refractivity contribution is 7.21. The average Bonchev–Trinajstić information content (AvgIpc) is 2.90. The highest BCUT2D eigenvalue weighted by atomic mass is 32.1. The fourth-order valence-corrected chi connectivity index (χ4v) is 3.44. The molecule has 0 aliphatic carbocycles. The molecule has 0 atom stereocenters. The zero-order valence-electron chi connectivity index (χ0n) is 10.3. The second-order valence-electron chi connectivity index (χ2n) is 4.57. The molecule has 4 rings (SSSR count). The van der Waals surface area contributed by atoms with Crippen molar-refractivity contribution >= 4 is 21.8 Å². The van der Waals surface area contributed by atoms with Gasteiger partial charge in [-0.25, -0.2) is 15.0 Å². The van der Waals surface area contributed by atoms with E-state index >= 15 is 0 Å². The molecule has 0 unspecified atom stereocenters. The smallest absolute Gasteiger partial charge is 0.190 e. The largest absolute Gasteiger partial charge is 0.312 e. The molecular formula is C14H12N4S. The van der Waals surface area contributed by atoms with Crippen LogP contribution in [0.4, 0.5) is 0 Å². The maximum Gasteiger partial charge on any atom is 0.190 e. The summed E-state index contributed by atoms with van der Waals surface area (Å²) in [6.45, 7) is 1.98. The van der Waals surface area contributed by atoms with E-state index < -0.39 is 0 Å². The molecule has 1 aromatic carbocycles. The van der Waals surface area contributed by atoms with Gasteiger partial charge in [0, 0.05) is 24.5 Å². The van der Waals surface area contributed by atoms with Gasteiger partial charge in [0.1, 0.15) is 5.01 Å². The van der Waals surface area contributed by atoms with E-state index in [-0.39, 0.29) is 0 Å². The monoisotopic (exact) mass is 268 g/mol. The van der Waals surface area contributed by atoms with Crippen LogP contribution in [0.5, 0.6) is 0 Å². The van der Waals surface area contributed by atoms with Crippen molar-refractivity contribution in [2.24, 2.45) is 0 Å². The van der Waals surface area contributed by atoms with E-state index in [2.05, 4.69) is 38.5 Å². The quantitative estimate of drug-likeness (QED) is 0.736. The van der Waals surface area contributed by atoms with Crippen LogP contribution in [0.1, 0.15) is 11.1 Å². The van der Waals surface area contributed by atoms with Gasteiger partial charge in [-0.15, -0.1) is 0 Å². The van der Waals surface area contributed by atoms with Crippen LogP contribution >= 0.6 is 11.3 Å². The van der Waals surface area contributed by atoms with Gasteiger partial charge in [-0.1, -0.05) is 29.5 Å². The van der Waals surface area contributed by atoms with E-state index in [0.29, 0.717) is 0 Å². The predicted molar refractivity (Wildman–Crippen MR) is 76.1 cm³/mol. The Morgan fingerprint density at radius 1 is 1.16 bits per heavy atom. The Hall–Kier alpha value is -1.85. The Morgan fingerprint density at radius 3 is 3.05 bits per heavy atom. The maximum atomic E-state index is 4.62. The number of hydrogen-bond acceptors (Lipinski definition) is 5. The van der Waals surface area contributed by atoms with Gasteiger partial charge in [0.05, 0.1) is 0 Å². The van der Waals surface area contributed by atoms with Gasteiger partial charge in [0.2, 0.25) is 0 Å². The summed E-state index contributed by atoms with van der Waals surface area (Å²) >= 11 is 1.62. The zero-order valence-corrected chi connectivity index (χ0v) is 11.1. The molecule has 19 heavy (non-hydrogen) atoms. The number of nitrogens with zero attached hydrogens (tertiary/aromatic N) is 3. The Balaban J connectivity index is 1.92. The summed E-state index contributed by atoms with van der Waals surface area (Å²) in [6, 6.07) is 6.45. The van der Waals surface area contributed by atoms with Crippen molar-refractivity contribution in [1.82, 2.24) is 20.3 Å². The van der Waals surface area contributed by atoms with Crippen molar-refractivity contribution in [2.75, 3.05) is 6.54 Å². The van der Waals surface area contributed by atoms with Gasteiger partial charge in [0.15, 0.2) is 10.5 Å². The lowest BCUT2D eigenvalue weighted by Gasteiger charge is -2.19. The highest BCUT2D eigenvalue weighted by Crippen LogP contribution is 2.32. The lowest BCUT2D eigenvalue weighted by atomic mass is 9.96. The summed E-state index contributed by atoms with van der Waals surface area (Å²) in [5.41, 5.74) is 4.78. The third-order valence-electron chi connectivity index (χ3n) is 3.42. The molecule has 3 heterocycles. The summed E-state index contributed by atoms with van der Waals surface area (Å²) < 4.78 is 0. The molecule has 0 amide bonds. The molecule has 5 heteroatoms. The number of fused-ring (bicyclic) bond motifs is 2. The second-order valence-corrected chi connectivity index (χ2v) is 5.55. The first-order valence-corrected chi connectivity index (χ1v) is 7.13. The molecule has 3 aromatic rings. The maximum absolute atomic E-state index is 4.62. The summed E-state index contributed by atoms with van der Waals surface area (Å²) in [5.74, 6) is 0. The van der Waals surface area contributed by atoms with E-state index in [1.54, 1.807) is 23.7 Å². The van der Waals surface area contributed by atoms with Gasteiger partial charge >= 0.3 is 0 Å². The molecule has 0 spiro atoms. The van der Waals surface area contributed by atoms with Crippen molar-refractivity contribution < 1.29 is 0 Å². The number of nitrogens with one attached hydrogen (secondary N) is 1. The Bertz CT molecular complexity index is 717. The first kappa shape index (κ1) is 11.0. The van der Waals surface area contributed by atoms with Crippen LogP contribution in [-0.4, -0.2) is 21.5 Å². The zero-order chi connectivity index (χ0) is 12.7. The van der Waals surface area contributed by atoms with Gasteiger partial charge in [-0.05, 0) is 24.1 Å². The van der Waals surface area contributed by atoms with Gasteiger partial charge < -0.3 is 5.32 Å². The van der Waals surface area contributed by atoms with E-state index in [0.717, 1.165) is 35.0 Å². The number of thiazole rings is 1. The van der Waals surface area contributed by atoms with Crippen molar-refractivity contribution in [1.29, 1.82) is 0 Å². The first-order chi connectivity index (χ1) is 9.42. The van der Waals surface area contributed by atoms with Crippen LogP contribution in [0.25, 0.3) is 21.0 Å². The predicted octanol–water partition coefficient (Wildman–Crippen LogP) is 2.40. The molecule has 4 nitrogen and oxygen atoms in total. The SMILES string of the molecule is c1cc2c(c(-c3nc4nccnc4s3)c1)CCNC2. The first-order valence-electron chi connectivity index (χ1n) is 6.31. The van der Waals surface area contributed by atoms with Crippen LogP contribution in [0.2, 0.25) is 0 Å². The minimum Gasteiger partial charge on any atom is -0.312 e. The number of benzene rings is 1. The van der Waals surface area contributed by atoms with Crippen molar-refractivity contribution in [2.45, 2.75) is 13.0 Å². The van der Waals surface area contributed by atoms with E-state index in [9.17, 15) is 0 Å². The lowest BCUT2D eigenvalue weighted by molar-refractivity contribution is 0.645. The topological polar surface area (TPSA) is 50.7 Å². The minimum absolute atomic E-state index is 0.744. The number of hydrogen-bond donors (Lipinski definition) is 1. The van der Waals surface area contributed by atoms with Crippen LogP contribution in [0.3, 0.4) is 0 Å². The van der Waals surface area contributed by atoms with Gasteiger partial charge in [-0.2, -0.15) is 0 Å². The van der Waals surface area contributed by atoms with E-state index in [1.807, 2.05) is 0 Å². The van der Waals surface area contributed by atoms with Crippen LogP contribution < -0.4 is 5.32 Å². The highest BCUT2D eigenvalue weighted by Gasteiger charge is 2.16. The van der Waals surface area contributed by atoms with Crippen molar-refractivity contribution in [3.63, 3.8) is 0 Å². The number of rotatable bonds is 1. The second kappa shape index (κ2) is 4.36. The van der Waals surface area contributed by atoms with Crippen molar-refractivity contribution in [3.8, 4) is 10.6 Å². The molecular weight excluding hydrogens is 256 g/mol. The Kier molecular flexibility index (Phi) is 2.53. The summed E-state index contributed by atoms with van der Waals surface area (Å²) in [7, 11) is 0. The molecule has 0 fully saturated rings. The summed E-state index contributed by atoms with van der Waals surface area (Å²) in [5, 5.41) is 4.43. The van der Waals surface area contributed by atoms with E-state index in [4.69, 9.17) is 0 Å². The third kappa shape index (κ3) is 1.82. The Labute approximate surface area is 114 Å². The van der Waals surface area contributed by atoms with Crippen LogP contribution in [0, 0.1) is 0 Å². The van der Waals surface area contributed by atoms with Gasteiger partial charge in [-0.3, -0.25) is 0 Å². The molecule has 0 bridgehead atoms. The molecule has 1 aliphatic heterocycles. The minimum atomic E-state index is 0.744. The van der Waals surface area contributed by atoms with Crippen molar-refractivity contribution in [3.05, 3.63) is 41.7 Å². The van der Waals surface area contributed by atoms with Crippen LogP contribution in [0.15, 0.2) is 30.6 Å². The molecule has 0 radical (unpaired) electrons. The molecule has 1 aliphatic rings. The summed E-state index contributed by atoms with van der Waals surface area (Å²) in [4.78, 5) is 14.1. The lowest BCUT2D eigenvalue weighted by Crippen LogP contribution is -2.23.